The molecule has 0 saturated heterocycles. The molecule has 0 aromatic heterocycles. The van der Waals surface area contributed by atoms with E-state index in [1.165, 1.54) is 17.5 Å². The predicted octanol–water partition coefficient (Wildman–Crippen LogP) is 5.51. The van der Waals surface area contributed by atoms with Crippen LogP contribution in [0.5, 0.6) is 0 Å². The van der Waals surface area contributed by atoms with Gasteiger partial charge in [-0.3, -0.25) is 0 Å². The average molecular weight is 322 g/mol. The minimum Gasteiger partial charge on any atom is -0.0622 e. The van der Waals surface area contributed by atoms with Gasteiger partial charge in [0.2, 0.25) is 0 Å². The van der Waals surface area contributed by atoms with Gasteiger partial charge >= 0.3 is 0 Å². The summed E-state index contributed by atoms with van der Waals surface area (Å²) in [4.78, 5) is 0. The Kier molecular flexibility index (Phi) is 2.17. The Morgan fingerprint density at radius 2 is 1.12 bits per heavy atom. The van der Waals surface area contributed by atoms with Gasteiger partial charge in [0.1, 0.15) is 0 Å². The third-order valence-electron chi connectivity index (χ3n) is 8.16. The van der Waals surface area contributed by atoms with Crippen molar-refractivity contribution in [2.24, 2.45) is 0 Å². The van der Waals surface area contributed by atoms with Crippen molar-refractivity contribution in [3.8, 4) is 0 Å². The van der Waals surface area contributed by atoms with E-state index in [1.54, 1.807) is 11.1 Å². The predicted molar refractivity (Wildman–Crippen MR) is 102 cm³/mol. The van der Waals surface area contributed by atoms with E-state index < -0.39 is 0 Å². The Morgan fingerprint density at radius 1 is 0.600 bits per heavy atom. The summed E-state index contributed by atoms with van der Waals surface area (Å²) < 4.78 is 0. The van der Waals surface area contributed by atoms with Crippen LogP contribution in [0.3, 0.4) is 0 Å². The molecule has 0 spiro atoms. The maximum absolute atomic E-state index is 2.53. The molecular formula is C25H22. The number of benzene rings is 3. The summed E-state index contributed by atoms with van der Waals surface area (Å²) in [5.74, 6) is 0. The molecule has 1 unspecified atom stereocenters. The molecule has 4 atom stereocenters. The van der Waals surface area contributed by atoms with Crippen molar-refractivity contribution in [1.82, 2.24) is 0 Å². The Bertz CT molecular complexity index is 998. The summed E-state index contributed by atoms with van der Waals surface area (Å²) in [5.41, 5.74) is 7.06. The van der Waals surface area contributed by atoms with Crippen LogP contribution >= 0.6 is 0 Å². The molecule has 0 aliphatic heterocycles. The van der Waals surface area contributed by atoms with Crippen LogP contribution in [0, 0.1) is 0 Å². The van der Waals surface area contributed by atoms with E-state index >= 15 is 0 Å². The summed E-state index contributed by atoms with van der Waals surface area (Å²) >= 11 is 0. The zero-order valence-corrected chi connectivity index (χ0v) is 14.8. The van der Waals surface area contributed by atoms with Crippen LogP contribution in [0.2, 0.25) is 0 Å². The first kappa shape index (κ1) is 13.9. The normalized spacial score (nSPS) is 39.3. The molecule has 0 nitrogen and oxygen atoms in total. The molecule has 6 rings (SSSR count). The van der Waals surface area contributed by atoms with Crippen molar-refractivity contribution in [2.45, 2.75) is 41.9 Å². The summed E-state index contributed by atoms with van der Waals surface area (Å²) in [6.07, 6.45) is 1.26. The number of fused-ring (bicyclic) bond motifs is 4. The third-order valence-corrected chi connectivity index (χ3v) is 8.16. The third kappa shape index (κ3) is 1.07. The number of rotatable bonds is 2. The highest BCUT2D eigenvalue weighted by atomic mass is 15.0. The van der Waals surface area contributed by atoms with E-state index in [0.29, 0.717) is 0 Å². The molecule has 0 N–H and O–H groups in total. The fourth-order valence-corrected chi connectivity index (χ4v) is 7.69. The molecule has 2 saturated carbocycles. The van der Waals surface area contributed by atoms with E-state index in [9.17, 15) is 0 Å². The van der Waals surface area contributed by atoms with E-state index in [1.807, 2.05) is 0 Å². The van der Waals surface area contributed by atoms with E-state index in [0.717, 1.165) is 0 Å². The van der Waals surface area contributed by atoms with Crippen LogP contribution < -0.4 is 0 Å². The molecule has 0 heterocycles. The summed E-state index contributed by atoms with van der Waals surface area (Å²) in [5, 5.41) is 0. The zero-order chi connectivity index (χ0) is 16.9. The Hall–Kier alpha value is -2.34. The first-order valence-corrected chi connectivity index (χ1v) is 9.36. The lowest BCUT2D eigenvalue weighted by Crippen LogP contribution is -2.54. The molecule has 0 bridgehead atoms. The van der Waals surface area contributed by atoms with Crippen molar-refractivity contribution in [3.63, 3.8) is 0 Å². The van der Waals surface area contributed by atoms with Gasteiger partial charge in [0.25, 0.3) is 0 Å². The molecule has 3 aromatic carbocycles. The van der Waals surface area contributed by atoms with Gasteiger partial charge < -0.3 is 0 Å². The van der Waals surface area contributed by atoms with E-state index in [-0.39, 0.29) is 21.7 Å². The highest BCUT2D eigenvalue weighted by Gasteiger charge is 3.00. The molecule has 0 amide bonds. The number of hydrogen-bond acceptors (Lipinski definition) is 0. The minimum absolute atomic E-state index is 0.189. The standard InChI is InChI=1S/C25H22/c1-22-17-24(18-11-5-3-6-12-18)23(2,21-16-10-9-15-20(21)22)25(22,24)19-13-7-4-8-14-19/h3-16H,17H2,1-2H3/t22-,23-,24-,25?/m1/s1. The van der Waals surface area contributed by atoms with Gasteiger partial charge in [-0.15, -0.1) is 0 Å². The molecule has 0 heteroatoms. The maximum Gasteiger partial charge on any atom is 0.0256 e. The van der Waals surface area contributed by atoms with Gasteiger partial charge in [-0.05, 0) is 28.7 Å². The smallest absolute Gasteiger partial charge is 0.0256 e. The first-order chi connectivity index (χ1) is 12.1. The number of hydrogen-bond donors (Lipinski definition) is 0. The van der Waals surface area contributed by atoms with Crippen LogP contribution in [0.4, 0.5) is 0 Å². The first-order valence-electron chi connectivity index (χ1n) is 9.36. The van der Waals surface area contributed by atoms with Crippen molar-refractivity contribution in [2.75, 3.05) is 0 Å². The fraction of sp³-hybridized carbons (Fsp3) is 0.280. The van der Waals surface area contributed by atoms with Gasteiger partial charge in [-0.1, -0.05) is 98.8 Å². The highest BCUT2D eigenvalue weighted by Crippen LogP contribution is 2.98. The van der Waals surface area contributed by atoms with Crippen molar-refractivity contribution < 1.29 is 0 Å². The van der Waals surface area contributed by atoms with E-state index in [2.05, 4.69) is 98.8 Å². The van der Waals surface area contributed by atoms with Crippen molar-refractivity contribution in [3.05, 3.63) is 107 Å². The lowest BCUT2D eigenvalue weighted by atomic mass is 9.48. The molecule has 25 heavy (non-hydrogen) atoms. The van der Waals surface area contributed by atoms with Gasteiger partial charge in [0.05, 0.1) is 0 Å². The monoisotopic (exact) mass is 322 g/mol. The quantitative estimate of drug-likeness (QED) is 0.583. The fourth-order valence-electron chi connectivity index (χ4n) is 7.69. The lowest BCUT2D eigenvalue weighted by Gasteiger charge is -2.54. The van der Waals surface area contributed by atoms with Crippen LogP contribution in [-0.4, -0.2) is 0 Å². The molecule has 3 aliphatic carbocycles. The van der Waals surface area contributed by atoms with Gasteiger partial charge in [-0.25, -0.2) is 0 Å². The maximum atomic E-state index is 2.53. The second kappa shape index (κ2) is 3.90. The topological polar surface area (TPSA) is 0 Å². The van der Waals surface area contributed by atoms with Gasteiger partial charge in [0, 0.05) is 21.7 Å². The molecular weight excluding hydrogens is 300 g/mol. The zero-order valence-electron chi connectivity index (χ0n) is 14.8. The van der Waals surface area contributed by atoms with Gasteiger partial charge in [0.15, 0.2) is 0 Å². The summed E-state index contributed by atoms with van der Waals surface area (Å²) in [7, 11) is 0. The van der Waals surface area contributed by atoms with Crippen LogP contribution in [0.25, 0.3) is 0 Å². The molecule has 0 radical (unpaired) electrons. The minimum atomic E-state index is 0.189. The second-order valence-corrected chi connectivity index (χ2v) is 8.57. The molecule has 3 aliphatic rings. The van der Waals surface area contributed by atoms with E-state index in [4.69, 9.17) is 0 Å². The van der Waals surface area contributed by atoms with Crippen LogP contribution in [0.1, 0.15) is 42.5 Å². The largest absolute Gasteiger partial charge is 0.0622 e. The highest BCUT2D eigenvalue weighted by molar-refractivity contribution is 5.81. The summed E-state index contributed by atoms with van der Waals surface area (Å²) in [6, 6.07) is 31.8. The Labute approximate surface area is 149 Å². The Morgan fingerprint density at radius 3 is 1.76 bits per heavy atom. The molecule has 3 aromatic rings. The van der Waals surface area contributed by atoms with Crippen molar-refractivity contribution >= 4 is 0 Å². The SMILES string of the molecule is C[C@@]12c3ccccc3[C@@]3(C)C[C@]1(c1ccccc1)C23c1ccccc1. The van der Waals surface area contributed by atoms with Gasteiger partial charge in [-0.2, -0.15) is 0 Å². The molecule has 122 valence electrons. The molecule has 2 fully saturated rings. The van der Waals surface area contributed by atoms with Crippen molar-refractivity contribution in [1.29, 1.82) is 0 Å². The summed E-state index contributed by atoms with van der Waals surface area (Å²) in [6.45, 7) is 5.04. The average Bonchev–Trinajstić information content (AvgIpc) is 3.04. The second-order valence-electron chi connectivity index (χ2n) is 8.57. The lowest BCUT2D eigenvalue weighted by molar-refractivity contribution is 0.168. The van der Waals surface area contributed by atoms with Crippen LogP contribution in [0.15, 0.2) is 84.9 Å². The Balaban J connectivity index is 1.72. The van der Waals surface area contributed by atoms with Crippen LogP contribution in [-0.2, 0) is 21.7 Å².